The third kappa shape index (κ3) is 1.69. The van der Waals surface area contributed by atoms with Crippen LogP contribution in [0.1, 0.15) is 24.0 Å². The van der Waals surface area contributed by atoms with E-state index in [1.807, 2.05) is 0 Å². The first-order valence-corrected chi connectivity index (χ1v) is 4.93. The van der Waals surface area contributed by atoms with Crippen molar-refractivity contribution in [1.82, 2.24) is 0 Å². The van der Waals surface area contributed by atoms with Gasteiger partial charge < -0.3 is 5.73 Å². The van der Waals surface area contributed by atoms with Crippen LogP contribution in [-0.2, 0) is 11.5 Å². The molecule has 1 aliphatic rings. The first kappa shape index (κ1) is 11.4. The van der Waals surface area contributed by atoms with Crippen LogP contribution in [0.3, 0.4) is 0 Å². The number of hydrogen-bond acceptors (Lipinski definition) is 1. The molecule has 1 aromatic carbocycles. The second-order valence-corrected chi connectivity index (χ2v) is 4.13. The molecule has 88 valence electrons. The molecule has 0 saturated heterocycles. The number of benzene rings is 1. The molecule has 0 amide bonds. The van der Waals surface area contributed by atoms with Crippen molar-refractivity contribution in [3.8, 4) is 0 Å². The third-order valence-electron chi connectivity index (χ3n) is 2.89. The average Bonchev–Trinajstić information content (AvgIpc) is 2.98. The summed E-state index contributed by atoms with van der Waals surface area (Å²) >= 11 is 0. The summed E-state index contributed by atoms with van der Waals surface area (Å²) in [6.07, 6.45) is -2.59. The second-order valence-electron chi connectivity index (χ2n) is 4.13. The highest BCUT2D eigenvalue weighted by molar-refractivity contribution is 5.40. The van der Waals surface area contributed by atoms with E-state index >= 15 is 0 Å². The summed E-state index contributed by atoms with van der Waals surface area (Å²) in [4.78, 5) is 0. The Morgan fingerprint density at radius 3 is 2.25 bits per heavy atom. The largest absolute Gasteiger partial charge is 0.332 e. The molecule has 1 fully saturated rings. The van der Waals surface area contributed by atoms with Gasteiger partial charge in [-0.15, -0.1) is 0 Å². The highest BCUT2D eigenvalue weighted by Crippen LogP contribution is 2.48. The van der Waals surface area contributed by atoms with Crippen LogP contribution in [0.4, 0.5) is 17.6 Å². The number of nitrogens with two attached hydrogens (primary N) is 1. The Labute approximate surface area is 90.3 Å². The Morgan fingerprint density at radius 1 is 1.19 bits per heavy atom. The first-order chi connectivity index (χ1) is 7.38. The third-order valence-corrected chi connectivity index (χ3v) is 2.89. The molecule has 0 unspecified atom stereocenters. The predicted octanol–water partition coefficient (Wildman–Crippen LogP) is 2.99. The van der Waals surface area contributed by atoms with Gasteiger partial charge in [-0.3, -0.25) is 0 Å². The minimum atomic E-state index is -4.13. The van der Waals surface area contributed by atoms with Gasteiger partial charge >= 0.3 is 12.3 Å². The van der Waals surface area contributed by atoms with E-state index in [9.17, 15) is 17.6 Å². The van der Waals surface area contributed by atoms with Gasteiger partial charge in [0.15, 0.2) is 0 Å². The van der Waals surface area contributed by atoms with Crippen molar-refractivity contribution in [1.29, 1.82) is 0 Å². The molecule has 0 bridgehead atoms. The summed E-state index contributed by atoms with van der Waals surface area (Å²) < 4.78 is 51.2. The van der Waals surface area contributed by atoms with Crippen molar-refractivity contribution >= 4 is 0 Å². The van der Waals surface area contributed by atoms with Crippen LogP contribution in [-0.4, -0.2) is 6.43 Å². The molecular formula is C11H11F4N. The van der Waals surface area contributed by atoms with E-state index in [4.69, 9.17) is 5.73 Å². The number of alkyl halides is 4. The summed E-state index contributed by atoms with van der Waals surface area (Å²) in [5.41, 5.74) is 4.44. The number of hydrogen-bond donors (Lipinski definition) is 1. The van der Waals surface area contributed by atoms with Crippen LogP contribution in [0.15, 0.2) is 24.3 Å². The number of halogens is 4. The summed E-state index contributed by atoms with van der Waals surface area (Å²) in [6, 6.07) is 5.28. The lowest BCUT2D eigenvalue weighted by Crippen LogP contribution is -2.30. The quantitative estimate of drug-likeness (QED) is 0.798. The van der Waals surface area contributed by atoms with E-state index in [1.165, 1.54) is 18.2 Å². The molecule has 0 aliphatic heterocycles. The van der Waals surface area contributed by atoms with Gasteiger partial charge in [0.1, 0.15) is 0 Å². The van der Waals surface area contributed by atoms with Crippen molar-refractivity contribution in [3.63, 3.8) is 0 Å². The molecule has 1 nitrogen and oxygen atoms in total. The molecular weight excluding hydrogens is 222 g/mol. The maximum Gasteiger partial charge on any atom is 0.332 e. The topological polar surface area (TPSA) is 26.0 Å². The van der Waals surface area contributed by atoms with E-state index in [0.717, 1.165) is 6.07 Å². The molecule has 0 heterocycles. The summed E-state index contributed by atoms with van der Waals surface area (Å²) in [5, 5.41) is 0. The Morgan fingerprint density at radius 2 is 1.75 bits per heavy atom. The van der Waals surface area contributed by atoms with E-state index in [1.54, 1.807) is 0 Å². The van der Waals surface area contributed by atoms with E-state index in [0.29, 0.717) is 12.8 Å². The van der Waals surface area contributed by atoms with Crippen LogP contribution in [0, 0.1) is 0 Å². The zero-order valence-electron chi connectivity index (χ0n) is 8.39. The van der Waals surface area contributed by atoms with Gasteiger partial charge in [-0.1, -0.05) is 24.3 Å². The average molecular weight is 233 g/mol. The van der Waals surface area contributed by atoms with Gasteiger partial charge in [0.05, 0.1) is 0 Å². The van der Waals surface area contributed by atoms with Gasteiger partial charge in [-0.2, -0.15) is 8.78 Å². The Balaban J connectivity index is 2.49. The van der Waals surface area contributed by atoms with Crippen molar-refractivity contribution in [2.75, 3.05) is 0 Å². The molecule has 0 aromatic heterocycles. The molecule has 1 aliphatic carbocycles. The maximum absolute atomic E-state index is 13.3. The highest BCUT2D eigenvalue weighted by atomic mass is 19.3. The van der Waals surface area contributed by atoms with Gasteiger partial charge in [0.25, 0.3) is 0 Å². The van der Waals surface area contributed by atoms with E-state index in [2.05, 4.69) is 0 Å². The lowest BCUT2D eigenvalue weighted by molar-refractivity contribution is -0.135. The van der Waals surface area contributed by atoms with Crippen molar-refractivity contribution < 1.29 is 17.6 Å². The molecule has 2 N–H and O–H groups in total. The monoisotopic (exact) mass is 233 g/mol. The summed E-state index contributed by atoms with van der Waals surface area (Å²) in [6.45, 7) is 0. The van der Waals surface area contributed by atoms with Gasteiger partial charge in [-0.25, -0.2) is 8.78 Å². The van der Waals surface area contributed by atoms with E-state index in [-0.39, 0.29) is 5.56 Å². The lowest BCUT2D eigenvalue weighted by atomic mass is 9.95. The smallest absolute Gasteiger partial charge is 0.321 e. The molecule has 1 saturated carbocycles. The Bertz CT molecular complexity index is 399. The second kappa shape index (κ2) is 3.45. The van der Waals surface area contributed by atoms with Crippen molar-refractivity contribution in [2.45, 2.75) is 30.7 Å². The fourth-order valence-electron chi connectivity index (χ4n) is 1.73. The maximum atomic E-state index is 13.3. The van der Waals surface area contributed by atoms with Crippen LogP contribution in [0.2, 0.25) is 0 Å². The van der Waals surface area contributed by atoms with E-state index < -0.39 is 23.5 Å². The van der Waals surface area contributed by atoms with Crippen LogP contribution < -0.4 is 5.73 Å². The van der Waals surface area contributed by atoms with Crippen molar-refractivity contribution in [3.05, 3.63) is 35.4 Å². The van der Waals surface area contributed by atoms with Crippen LogP contribution >= 0.6 is 0 Å². The minimum Gasteiger partial charge on any atom is -0.321 e. The highest BCUT2D eigenvalue weighted by Gasteiger charge is 2.50. The molecule has 16 heavy (non-hydrogen) atoms. The molecule has 5 heteroatoms. The predicted molar refractivity (Wildman–Crippen MR) is 51.4 cm³/mol. The molecule has 0 atom stereocenters. The molecule has 1 aromatic rings. The normalized spacial score (nSPS) is 18.9. The summed E-state index contributed by atoms with van der Waals surface area (Å²) in [7, 11) is 0. The zero-order valence-corrected chi connectivity index (χ0v) is 8.39. The summed E-state index contributed by atoms with van der Waals surface area (Å²) in [5.74, 6) is -4.13. The minimum absolute atomic E-state index is 0.139. The molecule has 0 radical (unpaired) electrons. The van der Waals surface area contributed by atoms with Gasteiger partial charge in [0.2, 0.25) is 0 Å². The first-order valence-electron chi connectivity index (χ1n) is 4.93. The molecule has 0 spiro atoms. The Kier molecular flexibility index (Phi) is 2.45. The standard InChI is InChI=1S/C11H11F4N/c12-9(13)11(14,15)8-4-2-1-3-7(8)10(16)5-6-10/h1-4,9H,5-6,16H2. The van der Waals surface area contributed by atoms with Crippen LogP contribution in [0.25, 0.3) is 0 Å². The molecule has 2 rings (SSSR count). The van der Waals surface area contributed by atoms with Crippen LogP contribution in [0.5, 0.6) is 0 Å². The van der Waals surface area contributed by atoms with Crippen molar-refractivity contribution in [2.24, 2.45) is 5.73 Å². The Hall–Kier alpha value is -1.10. The lowest BCUT2D eigenvalue weighted by Gasteiger charge is -2.22. The van der Waals surface area contributed by atoms with Gasteiger partial charge in [0, 0.05) is 11.1 Å². The number of rotatable bonds is 3. The fraction of sp³-hybridized carbons (Fsp3) is 0.455. The SMILES string of the molecule is NC1(c2ccccc2C(F)(F)C(F)F)CC1. The fourth-order valence-corrected chi connectivity index (χ4v) is 1.73. The van der Waals surface area contributed by atoms with Gasteiger partial charge in [-0.05, 0) is 18.4 Å². The zero-order chi connectivity index (χ0) is 12.0.